The molecule has 0 atom stereocenters. The number of hydrogen-bond donors (Lipinski definition) is 2. The Labute approximate surface area is 174 Å². The fourth-order valence-corrected chi connectivity index (χ4v) is 3.53. The summed E-state index contributed by atoms with van der Waals surface area (Å²) in [5, 5.41) is 3.53. The van der Waals surface area contributed by atoms with Gasteiger partial charge in [0, 0.05) is 36.2 Å². The normalized spacial score (nSPS) is 20.8. The van der Waals surface area contributed by atoms with Crippen molar-refractivity contribution in [3.8, 4) is 0 Å². The van der Waals surface area contributed by atoms with E-state index in [2.05, 4.69) is 41.7 Å². The summed E-state index contributed by atoms with van der Waals surface area (Å²) in [6.45, 7) is 0.970. The first-order chi connectivity index (χ1) is 12.3. The lowest BCUT2D eigenvalue weighted by atomic mass is 9.78. The summed E-state index contributed by atoms with van der Waals surface area (Å²) >= 11 is 0. The van der Waals surface area contributed by atoms with Crippen LogP contribution in [0.5, 0.6) is 0 Å². The predicted molar refractivity (Wildman–Crippen MR) is 116 cm³/mol. The van der Waals surface area contributed by atoms with Crippen LogP contribution in [-0.4, -0.2) is 22.6 Å². The first kappa shape index (κ1) is 21.9. The second-order valence-electron chi connectivity index (χ2n) is 7.61. The summed E-state index contributed by atoms with van der Waals surface area (Å²) in [5.74, 6) is 3.18. The summed E-state index contributed by atoms with van der Waals surface area (Å²) in [4.78, 5) is 9.59. The second kappa shape index (κ2) is 10.3. The lowest BCUT2D eigenvalue weighted by molar-refractivity contribution is 0.344. The summed E-state index contributed by atoms with van der Waals surface area (Å²) in [5.41, 5.74) is 8.58. The SMILES string of the molecule is Cl.Cl.NC1CC(c2cc(NCCCCc3ccccc3)nc(C3CC3)n2)C1. The highest BCUT2D eigenvalue weighted by atomic mass is 35.5. The van der Waals surface area contributed by atoms with Gasteiger partial charge >= 0.3 is 0 Å². The van der Waals surface area contributed by atoms with E-state index in [-0.39, 0.29) is 24.8 Å². The van der Waals surface area contributed by atoms with Gasteiger partial charge in [-0.25, -0.2) is 9.97 Å². The van der Waals surface area contributed by atoms with Gasteiger partial charge in [0.15, 0.2) is 0 Å². The third kappa shape index (κ3) is 6.06. The zero-order valence-corrected chi connectivity index (χ0v) is 17.3. The van der Waals surface area contributed by atoms with Crippen molar-refractivity contribution >= 4 is 30.6 Å². The molecular formula is C21H30Cl2N4. The molecule has 2 fully saturated rings. The van der Waals surface area contributed by atoms with Crippen LogP contribution in [0.2, 0.25) is 0 Å². The maximum atomic E-state index is 5.96. The Morgan fingerprint density at radius 2 is 1.70 bits per heavy atom. The van der Waals surface area contributed by atoms with Crippen LogP contribution in [0, 0.1) is 0 Å². The molecule has 1 aromatic carbocycles. The van der Waals surface area contributed by atoms with Crippen molar-refractivity contribution in [3.05, 3.63) is 53.5 Å². The van der Waals surface area contributed by atoms with Crippen LogP contribution in [0.15, 0.2) is 36.4 Å². The molecule has 4 rings (SSSR count). The molecule has 4 nitrogen and oxygen atoms in total. The minimum absolute atomic E-state index is 0. The minimum atomic E-state index is 0. The smallest absolute Gasteiger partial charge is 0.134 e. The molecule has 2 aliphatic carbocycles. The number of halogens is 2. The monoisotopic (exact) mass is 408 g/mol. The molecule has 0 unspecified atom stereocenters. The lowest BCUT2D eigenvalue weighted by Gasteiger charge is -2.32. The number of nitrogens with two attached hydrogens (primary N) is 1. The number of anilines is 1. The number of aromatic nitrogens is 2. The topological polar surface area (TPSA) is 63.8 Å². The molecule has 3 N–H and O–H groups in total. The van der Waals surface area contributed by atoms with E-state index in [1.807, 2.05) is 0 Å². The minimum Gasteiger partial charge on any atom is -0.370 e. The Balaban J connectivity index is 0.00000131. The van der Waals surface area contributed by atoms with Crippen molar-refractivity contribution in [1.29, 1.82) is 0 Å². The molecule has 1 aromatic heterocycles. The maximum Gasteiger partial charge on any atom is 0.134 e. The van der Waals surface area contributed by atoms with E-state index >= 15 is 0 Å². The standard InChI is InChI=1S/C21H28N4.2ClH/c22-18-12-17(13-18)19-14-20(25-21(24-19)16-9-10-16)23-11-5-4-8-15-6-2-1-3-7-15;;/h1-3,6-7,14,16-18H,4-5,8-13,22H2,(H,23,24,25);2*1H. The number of rotatable bonds is 8. The van der Waals surface area contributed by atoms with Gasteiger partial charge in [0.25, 0.3) is 0 Å². The number of aryl methyl sites for hydroxylation is 1. The van der Waals surface area contributed by atoms with E-state index in [0.29, 0.717) is 17.9 Å². The van der Waals surface area contributed by atoms with Crippen molar-refractivity contribution < 1.29 is 0 Å². The third-order valence-corrected chi connectivity index (χ3v) is 5.34. The first-order valence-corrected chi connectivity index (χ1v) is 9.70. The van der Waals surface area contributed by atoms with Crippen LogP contribution in [0.25, 0.3) is 0 Å². The molecule has 0 saturated heterocycles. The second-order valence-corrected chi connectivity index (χ2v) is 7.61. The van der Waals surface area contributed by atoms with Crippen molar-refractivity contribution in [1.82, 2.24) is 9.97 Å². The van der Waals surface area contributed by atoms with Crippen LogP contribution < -0.4 is 11.1 Å². The van der Waals surface area contributed by atoms with Crippen molar-refractivity contribution in [3.63, 3.8) is 0 Å². The summed E-state index contributed by atoms with van der Waals surface area (Å²) in [6.07, 6.45) is 8.11. The summed E-state index contributed by atoms with van der Waals surface area (Å²) in [7, 11) is 0. The molecule has 2 aromatic rings. The number of nitrogens with zero attached hydrogens (tertiary/aromatic N) is 2. The highest BCUT2D eigenvalue weighted by Crippen LogP contribution is 2.41. The number of nitrogens with one attached hydrogen (secondary N) is 1. The zero-order chi connectivity index (χ0) is 17.1. The molecule has 6 heteroatoms. The van der Waals surface area contributed by atoms with Gasteiger partial charge in [-0.05, 0) is 50.5 Å². The average molecular weight is 409 g/mol. The summed E-state index contributed by atoms with van der Waals surface area (Å²) < 4.78 is 0. The van der Waals surface area contributed by atoms with Gasteiger partial charge in [-0.15, -0.1) is 24.8 Å². The van der Waals surface area contributed by atoms with E-state index in [4.69, 9.17) is 15.7 Å². The highest BCUT2D eigenvalue weighted by Gasteiger charge is 2.32. The molecule has 27 heavy (non-hydrogen) atoms. The Kier molecular flexibility index (Phi) is 8.33. The van der Waals surface area contributed by atoms with E-state index in [9.17, 15) is 0 Å². The van der Waals surface area contributed by atoms with Crippen LogP contribution in [0.3, 0.4) is 0 Å². The lowest BCUT2D eigenvalue weighted by Crippen LogP contribution is -2.35. The molecule has 1 heterocycles. The zero-order valence-electron chi connectivity index (χ0n) is 15.6. The van der Waals surface area contributed by atoms with Crippen molar-refractivity contribution in [2.45, 2.75) is 62.8 Å². The quantitative estimate of drug-likeness (QED) is 0.613. The first-order valence-electron chi connectivity index (χ1n) is 9.70. The van der Waals surface area contributed by atoms with Gasteiger partial charge in [-0.3, -0.25) is 0 Å². The average Bonchev–Trinajstić information content (AvgIpc) is 3.44. The fourth-order valence-electron chi connectivity index (χ4n) is 3.53. The third-order valence-electron chi connectivity index (χ3n) is 5.34. The number of unbranched alkanes of at least 4 members (excludes halogenated alkanes) is 1. The van der Waals surface area contributed by atoms with Gasteiger partial charge in [0.05, 0.1) is 0 Å². The summed E-state index contributed by atoms with van der Waals surface area (Å²) in [6, 6.07) is 13.2. The van der Waals surface area contributed by atoms with Gasteiger partial charge < -0.3 is 11.1 Å². The van der Waals surface area contributed by atoms with E-state index in [0.717, 1.165) is 43.9 Å². The number of benzene rings is 1. The van der Waals surface area contributed by atoms with E-state index in [1.165, 1.54) is 30.5 Å². The molecule has 2 saturated carbocycles. The fraction of sp³-hybridized carbons (Fsp3) is 0.524. The van der Waals surface area contributed by atoms with Gasteiger partial charge in [0.2, 0.25) is 0 Å². The maximum absolute atomic E-state index is 5.96. The van der Waals surface area contributed by atoms with Crippen molar-refractivity contribution in [2.24, 2.45) is 5.73 Å². The van der Waals surface area contributed by atoms with Crippen molar-refractivity contribution in [2.75, 3.05) is 11.9 Å². The van der Waals surface area contributed by atoms with Gasteiger partial charge in [-0.1, -0.05) is 30.3 Å². The predicted octanol–water partition coefficient (Wildman–Crippen LogP) is 4.84. The molecule has 0 bridgehead atoms. The van der Waals surface area contributed by atoms with Gasteiger partial charge in [0.1, 0.15) is 11.6 Å². The number of hydrogen-bond acceptors (Lipinski definition) is 4. The van der Waals surface area contributed by atoms with Crippen LogP contribution in [0.1, 0.15) is 67.4 Å². The molecule has 2 aliphatic rings. The Hall–Kier alpha value is -1.36. The molecule has 0 aliphatic heterocycles. The van der Waals surface area contributed by atoms with Crippen LogP contribution >= 0.6 is 24.8 Å². The van der Waals surface area contributed by atoms with E-state index in [1.54, 1.807) is 0 Å². The van der Waals surface area contributed by atoms with Gasteiger partial charge in [-0.2, -0.15) is 0 Å². The van der Waals surface area contributed by atoms with Crippen LogP contribution in [0.4, 0.5) is 5.82 Å². The van der Waals surface area contributed by atoms with E-state index < -0.39 is 0 Å². The molecule has 0 radical (unpaired) electrons. The Morgan fingerprint density at radius 3 is 2.37 bits per heavy atom. The Morgan fingerprint density at radius 1 is 0.963 bits per heavy atom. The molecule has 148 valence electrons. The highest BCUT2D eigenvalue weighted by molar-refractivity contribution is 5.85. The Bertz CT molecular complexity index is 701. The largest absolute Gasteiger partial charge is 0.370 e. The van der Waals surface area contributed by atoms with Crippen LogP contribution in [-0.2, 0) is 6.42 Å². The molecule has 0 amide bonds. The molecular weight excluding hydrogens is 379 g/mol. The molecule has 0 spiro atoms.